The number of amides is 1. The number of aromatic nitrogens is 3. The van der Waals surface area contributed by atoms with Crippen LogP contribution < -0.4 is 5.69 Å². The summed E-state index contributed by atoms with van der Waals surface area (Å²) in [7, 11) is 0. The monoisotopic (exact) mass is 340 g/mol. The van der Waals surface area contributed by atoms with Gasteiger partial charge in [-0.15, -0.1) is 11.3 Å². The van der Waals surface area contributed by atoms with Gasteiger partial charge in [0.05, 0.1) is 22.2 Å². The molecule has 24 heavy (non-hydrogen) atoms. The lowest BCUT2D eigenvalue weighted by Gasteiger charge is -2.26. The van der Waals surface area contributed by atoms with Crippen molar-refractivity contribution in [3.8, 4) is 0 Å². The van der Waals surface area contributed by atoms with Crippen LogP contribution in [-0.4, -0.2) is 38.4 Å². The van der Waals surface area contributed by atoms with E-state index in [1.807, 2.05) is 37.3 Å². The van der Waals surface area contributed by atoms with Gasteiger partial charge in [-0.05, 0) is 25.1 Å². The first-order chi connectivity index (χ1) is 11.6. The van der Waals surface area contributed by atoms with E-state index in [9.17, 15) is 9.59 Å². The highest BCUT2D eigenvalue weighted by Gasteiger charge is 2.23. The quantitative estimate of drug-likeness (QED) is 0.779. The number of carbonyl (C=O) groups excluding carboxylic acids is 1. The maximum absolute atomic E-state index is 12.5. The first kappa shape index (κ1) is 14.9. The minimum absolute atomic E-state index is 0.0107. The number of hydrogen-bond donors (Lipinski definition) is 1. The molecule has 4 rings (SSSR count). The summed E-state index contributed by atoms with van der Waals surface area (Å²) in [6.07, 6.45) is 2.60. The van der Waals surface area contributed by atoms with Crippen LogP contribution in [0, 0.1) is 6.92 Å². The fourth-order valence-corrected chi connectivity index (χ4v) is 3.81. The normalized spacial score (nSPS) is 14.9. The summed E-state index contributed by atoms with van der Waals surface area (Å²) >= 11 is 1.37. The van der Waals surface area contributed by atoms with Crippen molar-refractivity contribution in [1.82, 2.24) is 19.4 Å². The Labute approximate surface area is 142 Å². The number of aryl methyl sites for hydroxylation is 1. The summed E-state index contributed by atoms with van der Waals surface area (Å²) in [6.45, 7) is 2.94. The summed E-state index contributed by atoms with van der Waals surface area (Å²) in [4.78, 5) is 34.3. The number of imidazole rings is 1. The van der Waals surface area contributed by atoms with Gasteiger partial charge in [-0.2, -0.15) is 0 Å². The topological polar surface area (TPSA) is 71.0 Å². The van der Waals surface area contributed by atoms with Crippen LogP contribution in [-0.2, 0) is 0 Å². The zero-order valence-electron chi connectivity index (χ0n) is 13.2. The van der Waals surface area contributed by atoms with E-state index in [2.05, 4.69) is 9.97 Å². The standard InChI is InChI=1S/C17H16N4O2S/c1-11-15(24-10-18-11)16(22)20-8-6-12(7-9-20)21-14-5-3-2-4-13(14)19-17(21)23/h2-6,10H,7-9H2,1H3,(H,19,23). The fraction of sp³-hybridized carbons (Fsp3) is 0.235. The molecule has 0 unspecified atom stereocenters. The van der Waals surface area contributed by atoms with E-state index < -0.39 is 0 Å². The van der Waals surface area contributed by atoms with Gasteiger partial charge in [0.15, 0.2) is 0 Å². The molecule has 3 heterocycles. The average molecular weight is 340 g/mol. The second-order valence-corrected chi connectivity index (χ2v) is 6.60. The number of nitrogens with one attached hydrogen (secondary N) is 1. The summed E-state index contributed by atoms with van der Waals surface area (Å²) < 4.78 is 1.70. The number of thiazole rings is 1. The fourth-order valence-electron chi connectivity index (χ4n) is 3.04. The van der Waals surface area contributed by atoms with E-state index in [0.29, 0.717) is 24.4 Å². The lowest BCUT2D eigenvalue weighted by Crippen LogP contribution is -2.36. The predicted octanol–water partition coefficient (Wildman–Crippen LogP) is 2.48. The number of rotatable bonds is 2. The summed E-state index contributed by atoms with van der Waals surface area (Å²) in [5.41, 5.74) is 4.95. The van der Waals surface area contributed by atoms with Crippen molar-refractivity contribution in [2.45, 2.75) is 13.3 Å². The molecule has 0 spiro atoms. The van der Waals surface area contributed by atoms with Crippen molar-refractivity contribution in [3.63, 3.8) is 0 Å². The highest BCUT2D eigenvalue weighted by molar-refractivity contribution is 7.11. The maximum atomic E-state index is 12.5. The van der Waals surface area contributed by atoms with Gasteiger partial charge >= 0.3 is 5.69 Å². The molecule has 0 saturated heterocycles. The van der Waals surface area contributed by atoms with Crippen molar-refractivity contribution in [3.05, 3.63) is 56.9 Å². The Balaban J connectivity index is 1.63. The van der Waals surface area contributed by atoms with Crippen LogP contribution >= 0.6 is 11.3 Å². The number of aromatic amines is 1. The number of hydrogen-bond acceptors (Lipinski definition) is 4. The molecule has 122 valence electrons. The van der Waals surface area contributed by atoms with Gasteiger partial charge in [0.2, 0.25) is 0 Å². The molecular weight excluding hydrogens is 324 g/mol. The van der Waals surface area contributed by atoms with E-state index in [-0.39, 0.29) is 11.6 Å². The molecule has 1 aliphatic heterocycles. The number of H-pyrrole nitrogens is 1. The Kier molecular flexibility index (Phi) is 3.57. The SMILES string of the molecule is Cc1ncsc1C(=O)N1CC=C(n2c(=O)[nH]c3ccccc32)CC1. The molecule has 0 bridgehead atoms. The molecule has 2 aromatic heterocycles. The Morgan fingerprint density at radius 3 is 2.88 bits per heavy atom. The highest BCUT2D eigenvalue weighted by Crippen LogP contribution is 2.22. The van der Waals surface area contributed by atoms with Crippen LogP contribution in [0.25, 0.3) is 16.7 Å². The van der Waals surface area contributed by atoms with Crippen molar-refractivity contribution in [2.24, 2.45) is 0 Å². The second-order valence-electron chi connectivity index (χ2n) is 5.75. The minimum atomic E-state index is -0.138. The Bertz CT molecular complexity index is 1010. The molecule has 0 aliphatic carbocycles. The van der Waals surface area contributed by atoms with Gasteiger partial charge in [-0.3, -0.25) is 9.36 Å². The molecule has 1 N–H and O–H groups in total. The summed E-state index contributed by atoms with van der Waals surface area (Å²) in [6, 6.07) is 7.62. The second kappa shape index (κ2) is 5.76. The van der Waals surface area contributed by atoms with E-state index in [0.717, 1.165) is 22.4 Å². The van der Waals surface area contributed by atoms with Gasteiger partial charge in [-0.1, -0.05) is 12.1 Å². The Morgan fingerprint density at radius 1 is 1.33 bits per heavy atom. The smallest absolute Gasteiger partial charge is 0.330 e. The Hall–Kier alpha value is -2.67. The Morgan fingerprint density at radius 2 is 2.17 bits per heavy atom. The van der Waals surface area contributed by atoms with Crippen LogP contribution in [0.1, 0.15) is 21.8 Å². The lowest BCUT2D eigenvalue weighted by molar-refractivity contribution is 0.0776. The first-order valence-corrected chi connectivity index (χ1v) is 8.61. The van der Waals surface area contributed by atoms with Crippen LogP contribution in [0.3, 0.4) is 0 Å². The molecular formula is C17H16N4O2S. The summed E-state index contributed by atoms with van der Waals surface area (Å²) in [5, 5.41) is 0. The number of para-hydroxylation sites is 2. The third-order valence-electron chi connectivity index (χ3n) is 4.29. The van der Waals surface area contributed by atoms with Gasteiger partial charge < -0.3 is 9.88 Å². The molecule has 1 aromatic carbocycles. The van der Waals surface area contributed by atoms with Crippen molar-refractivity contribution in [1.29, 1.82) is 0 Å². The van der Waals surface area contributed by atoms with Crippen molar-refractivity contribution in [2.75, 3.05) is 13.1 Å². The van der Waals surface area contributed by atoms with Gasteiger partial charge in [-0.25, -0.2) is 9.78 Å². The molecule has 0 radical (unpaired) electrons. The molecule has 6 nitrogen and oxygen atoms in total. The number of carbonyl (C=O) groups is 1. The summed E-state index contributed by atoms with van der Waals surface area (Å²) in [5.74, 6) is 0.0107. The molecule has 0 saturated carbocycles. The van der Waals surface area contributed by atoms with Crippen molar-refractivity contribution < 1.29 is 4.79 Å². The molecule has 7 heteroatoms. The van der Waals surface area contributed by atoms with E-state index in [4.69, 9.17) is 0 Å². The van der Waals surface area contributed by atoms with Gasteiger partial charge in [0.1, 0.15) is 4.88 Å². The first-order valence-electron chi connectivity index (χ1n) is 7.73. The van der Waals surface area contributed by atoms with E-state index in [1.165, 1.54) is 11.3 Å². The average Bonchev–Trinajstić information content (AvgIpc) is 3.16. The number of fused-ring (bicyclic) bond motifs is 1. The van der Waals surface area contributed by atoms with Crippen LogP contribution in [0.4, 0.5) is 0 Å². The highest BCUT2D eigenvalue weighted by atomic mass is 32.1. The molecule has 1 aliphatic rings. The molecule has 0 atom stereocenters. The largest absolute Gasteiger partial charge is 0.334 e. The molecule has 1 amide bonds. The molecule has 3 aromatic rings. The minimum Gasteiger partial charge on any atom is -0.334 e. The number of nitrogens with zero attached hydrogens (tertiary/aromatic N) is 3. The zero-order chi connectivity index (χ0) is 16.7. The van der Waals surface area contributed by atoms with Gasteiger partial charge in [0.25, 0.3) is 5.91 Å². The van der Waals surface area contributed by atoms with Crippen LogP contribution in [0.2, 0.25) is 0 Å². The van der Waals surface area contributed by atoms with E-state index in [1.54, 1.807) is 15.0 Å². The van der Waals surface area contributed by atoms with Crippen LogP contribution in [0.15, 0.2) is 40.6 Å². The zero-order valence-corrected chi connectivity index (χ0v) is 14.0. The lowest BCUT2D eigenvalue weighted by atomic mass is 10.1. The van der Waals surface area contributed by atoms with Crippen LogP contribution in [0.5, 0.6) is 0 Å². The third kappa shape index (κ3) is 2.37. The molecule has 0 fully saturated rings. The maximum Gasteiger partial charge on any atom is 0.330 e. The third-order valence-corrected chi connectivity index (χ3v) is 5.21. The predicted molar refractivity (Wildman–Crippen MR) is 94.2 cm³/mol. The number of benzene rings is 1. The van der Waals surface area contributed by atoms with Gasteiger partial charge in [0, 0.05) is 25.2 Å². The van der Waals surface area contributed by atoms with E-state index >= 15 is 0 Å². The van der Waals surface area contributed by atoms with Crippen molar-refractivity contribution >= 4 is 34.0 Å².